The van der Waals surface area contributed by atoms with E-state index in [0.29, 0.717) is 0 Å². The van der Waals surface area contributed by atoms with E-state index in [1.165, 1.54) is 5.56 Å². The van der Waals surface area contributed by atoms with E-state index in [1.54, 1.807) is 13.2 Å². The van der Waals surface area contributed by atoms with Crippen molar-refractivity contribution >= 4 is 17.1 Å². The standard InChI is InChI=1S/C22H25N3.3C2H6/c1-6-25-21-17(11-10-14-19(21)23-4)15-16-20(24-5)22(2,3)18-12-8-7-9-13-18;3*1-2/h6-16H,1H2,2-5H3;3*1-2H3/p+1/b16-15+,23-19?,24-20?,25-21?;;;. The smallest absolute Gasteiger partial charge is 0.236 e. The lowest BCUT2D eigenvalue weighted by Crippen LogP contribution is -2.68. The summed E-state index contributed by atoms with van der Waals surface area (Å²) in [5, 5.41) is 0. The second-order valence-electron chi connectivity index (χ2n) is 6.25. The summed E-state index contributed by atoms with van der Waals surface area (Å²) in [7, 11) is 3.62. The molecular formula is C28H44N3+. The molecule has 0 saturated carbocycles. The predicted molar refractivity (Wildman–Crippen MR) is 143 cm³/mol. The van der Waals surface area contributed by atoms with Crippen LogP contribution < -0.4 is 4.99 Å². The molecule has 1 aromatic carbocycles. The van der Waals surface area contributed by atoms with Gasteiger partial charge in [-0.1, -0.05) is 91.8 Å². The summed E-state index contributed by atoms with van der Waals surface area (Å²) < 4.78 is 0. The van der Waals surface area contributed by atoms with Crippen LogP contribution in [0.5, 0.6) is 0 Å². The van der Waals surface area contributed by atoms with Gasteiger partial charge >= 0.3 is 0 Å². The van der Waals surface area contributed by atoms with Gasteiger partial charge in [0.1, 0.15) is 5.71 Å². The van der Waals surface area contributed by atoms with Gasteiger partial charge in [-0.05, 0) is 36.4 Å². The molecule has 0 heterocycles. The minimum atomic E-state index is -0.175. The topological polar surface area (TPSA) is 38.7 Å². The summed E-state index contributed by atoms with van der Waals surface area (Å²) in [6.45, 7) is 20.1. The SMILES string of the molecule is C=C[NH+]=C1C(/C=C/C(=NC)C(C)(C)c2ccccc2)=CC=CC1=NC.CC.CC.CC. The van der Waals surface area contributed by atoms with E-state index in [4.69, 9.17) is 0 Å². The zero-order valence-electron chi connectivity index (χ0n) is 21.5. The maximum Gasteiger partial charge on any atom is 0.236 e. The van der Waals surface area contributed by atoms with E-state index in [1.807, 2.05) is 66.8 Å². The molecule has 0 fully saturated rings. The van der Waals surface area contributed by atoms with Crippen molar-refractivity contribution < 1.29 is 4.99 Å². The zero-order chi connectivity index (χ0) is 24.3. The number of hydrogen-bond donors (Lipinski definition) is 1. The van der Waals surface area contributed by atoms with Crippen molar-refractivity contribution in [3.05, 3.63) is 84.6 Å². The van der Waals surface area contributed by atoms with Gasteiger partial charge in [0.15, 0.2) is 6.20 Å². The van der Waals surface area contributed by atoms with Gasteiger partial charge in [-0.25, -0.2) is 4.99 Å². The molecule has 1 aliphatic carbocycles. The molecule has 31 heavy (non-hydrogen) atoms. The fraction of sp³-hybridized carbons (Fsp3) is 0.393. The van der Waals surface area contributed by atoms with Crippen molar-refractivity contribution in [2.75, 3.05) is 14.1 Å². The van der Waals surface area contributed by atoms with Gasteiger partial charge in [-0.2, -0.15) is 0 Å². The molecule has 2 rings (SSSR count). The maximum absolute atomic E-state index is 4.54. The molecule has 3 heteroatoms. The Bertz CT molecular complexity index is 802. The summed E-state index contributed by atoms with van der Waals surface area (Å²) in [6.07, 6.45) is 11.9. The van der Waals surface area contributed by atoms with Crippen LogP contribution in [0.1, 0.15) is 61.0 Å². The Morgan fingerprint density at radius 2 is 1.55 bits per heavy atom. The van der Waals surface area contributed by atoms with Crippen LogP contribution >= 0.6 is 0 Å². The number of allylic oxidation sites excluding steroid dienone is 6. The van der Waals surface area contributed by atoms with E-state index in [-0.39, 0.29) is 5.41 Å². The molecule has 0 spiro atoms. The first-order valence-electron chi connectivity index (χ1n) is 11.4. The highest BCUT2D eigenvalue weighted by Crippen LogP contribution is 2.26. The molecule has 0 atom stereocenters. The van der Waals surface area contributed by atoms with Crippen LogP contribution in [0.2, 0.25) is 0 Å². The molecule has 0 radical (unpaired) electrons. The van der Waals surface area contributed by atoms with Crippen molar-refractivity contribution in [2.24, 2.45) is 9.98 Å². The highest BCUT2D eigenvalue weighted by atomic mass is 14.8. The first-order valence-corrected chi connectivity index (χ1v) is 11.4. The Morgan fingerprint density at radius 3 is 2.03 bits per heavy atom. The molecule has 0 bridgehead atoms. The molecule has 1 aliphatic rings. The highest BCUT2D eigenvalue weighted by molar-refractivity contribution is 6.51. The lowest BCUT2D eigenvalue weighted by molar-refractivity contribution is -0.369. The third kappa shape index (κ3) is 9.25. The van der Waals surface area contributed by atoms with Gasteiger partial charge in [0.25, 0.3) is 0 Å². The Labute approximate surface area is 191 Å². The average molecular weight is 423 g/mol. The largest absolute Gasteiger partial charge is 0.292 e. The number of hydrogen-bond acceptors (Lipinski definition) is 2. The van der Waals surface area contributed by atoms with Crippen LogP contribution in [-0.2, 0) is 5.41 Å². The van der Waals surface area contributed by atoms with Crippen molar-refractivity contribution in [3.8, 4) is 0 Å². The van der Waals surface area contributed by atoms with Gasteiger partial charge in [-0.3, -0.25) is 9.98 Å². The Hall–Kier alpha value is -2.81. The van der Waals surface area contributed by atoms with E-state index in [9.17, 15) is 0 Å². The summed E-state index contributed by atoms with van der Waals surface area (Å²) in [5.41, 5.74) is 4.98. The van der Waals surface area contributed by atoms with Crippen LogP contribution in [0.25, 0.3) is 0 Å². The molecular weight excluding hydrogens is 378 g/mol. The molecule has 1 N–H and O–H groups in total. The molecule has 3 nitrogen and oxygen atoms in total. The van der Waals surface area contributed by atoms with Crippen LogP contribution in [0.4, 0.5) is 0 Å². The molecule has 0 saturated heterocycles. The first-order chi connectivity index (χ1) is 15.0. The van der Waals surface area contributed by atoms with Crippen molar-refractivity contribution in [3.63, 3.8) is 0 Å². The number of nitrogens with one attached hydrogen (secondary N) is 1. The Balaban J connectivity index is 0. The second-order valence-corrected chi connectivity index (χ2v) is 6.25. The fourth-order valence-electron chi connectivity index (χ4n) is 2.88. The highest BCUT2D eigenvalue weighted by Gasteiger charge is 2.25. The van der Waals surface area contributed by atoms with Crippen LogP contribution in [0.15, 0.2) is 89.0 Å². The van der Waals surface area contributed by atoms with Crippen LogP contribution in [0.3, 0.4) is 0 Å². The van der Waals surface area contributed by atoms with Gasteiger partial charge in [0.05, 0.1) is 0 Å². The van der Waals surface area contributed by atoms with E-state index in [0.717, 1.165) is 22.7 Å². The second kappa shape index (κ2) is 18.0. The molecule has 170 valence electrons. The lowest BCUT2D eigenvalue weighted by atomic mass is 9.79. The Kier molecular flexibility index (Phi) is 17.6. The van der Waals surface area contributed by atoms with E-state index < -0.39 is 0 Å². The van der Waals surface area contributed by atoms with Crippen LogP contribution in [-0.4, -0.2) is 31.2 Å². The number of aliphatic imine (C=N–C) groups is 2. The van der Waals surface area contributed by atoms with Crippen molar-refractivity contribution in [2.45, 2.75) is 60.8 Å². The quantitative estimate of drug-likeness (QED) is 0.453. The van der Waals surface area contributed by atoms with Crippen molar-refractivity contribution in [1.82, 2.24) is 0 Å². The summed E-state index contributed by atoms with van der Waals surface area (Å²) in [4.78, 5) is 12.0. The monoisotopic (exact) mass is 422 g/mol. The minimum Gasteiger partial charge on any atom is -0.292 e. The zero-order valence-corrected chi connectivity index (χ0v) is 21.5. The molecule has 0 aromatic heterocycles. The third-order valence-corrected chi connectivity index (χ3v) is 4.36. The van der Waals surface area contributed by atoms with Crippen LogP contribution in [0, 0.1) is 0 Å². The van der Waals surface area contributed by atoms with Gasteiger partial charge in [-0.15, -0.1) is 0 Å². The van der Waals surface area contributed by atoms with Gasteiger partial charge in [0.2, 0.25) is 5.71 Å². The minimum absolute atomic E-state index is 0.175. The third-order valence-electron chi connectivity index (χ3n) is 4.36. The van der Waals surface area contributed by atoms with Gasteiger partial charge in [0, 0.05) is 30.8 Å². The summed E-state index contributed by atoms with van der Waals surface area (Å²) >= 11 is 0. The molecule has 1 aromatic rings. The first kappa shape index (κ1) is 30.4. The average Bonchev–Trinajstić information content (AvgIpc) is 2.84. The molecule has 0 amide bonds. The van der Waals surface area contributed by atoms with Gasteiger partial charge < -0.3 is 0 Å². The molecule has 0 aliphatic heterocycles. The number of rotatable bonds is 5. The number of nitrogens with zero attached hydrogens (tertiary/aromatic N) is 2. The lowest BCUT2D eigenvalue weighted by Gasteiger charge is -2.25. The molecule has 0 unspecified atom stereocenters. The maximum atomic E-state index is 4.54. The summed E-state index contributed by atoms with van der Waals surface area (Å²) in [5.74, 6) is 0. The Morgan fingerprint density at radius 1 is 0.968 bits per heavy atom. The fourth-order valence-corrected chi connectivity index (χ4v) is 2.88. The van der Waals surface area contributed by atoms with E-state index in [2.05, 4.69) is 77.9 Å². The predicted octanol–water partition coefficient (Wildman–Crippen LogP) is 5.90. The summed E-state index contributed by atoms with van der Waals surface area (Å²) in [6, 6.07) is 10.4. The van der Waals surface area contributed by atoms with Crippen molar-refractivity contribution in [1.29, 1.82) is 0 Å². The normalized spacial score (nSPS) is 15.8. The number of benzene rings is 1. The van der Waals surface area contributed by atoms with E-state index >= 15 is 0 Å².